The number of nitro groups is 1. The molecule has 0 aliphatic rings. The van der Waals surface area contributed by atoms with E-state index in [9.17, 15) is 14.9 Å². The minimum Gasteiger partial charge on any atom is -0.481 e. The molecule has 0 rings (SSSR count). The zero-order chi connectivity index (χ0) is 14.0. The van der Waals surface area contributed by atoms with Gasteiger partial charge in [0.1, 0.15) is 0 Å². The molecule has 0 aromatic rings. The molecule has 0 aromatic heterocycles. The van der Waals surface area contributed by atoms with Gasteiger partial charge in [0.2, 0.25) is 5.70 Å². The van der Waals surface area contributed by atoms with Crippen LogP contribution in [0, 0.1) is 10.1 Å². The second kappa shape index (κ2) is 9.70. The van der Waals surface area contributed by atoms with Crippen molar-refractivity contribution < 1.29 is 14.8 Å². The highest BCUT2D eigenvalue weighted by molar-refractivity contribution is 7.81. The third-order valence-electron chi connectivity index (χ3n) is 2.33. The van der Waals surface area contributed by atoms with Crippen molar-refractivity contribution in [2.45, 2.75) is 44.3 Å². The van der Waals surface area contributed by atoms with Crippen LogP contribution in [0.2, 0.25) is 0 Å². The molecule has 102 valence electrons. The van der Waals surface area contributed by atoms with Crippen molar-refractivity contribution in [2.75, 3.05) is 0 Å². The van der Waals surface area contributed by atoms with Crippen LogP contribution in [0.4, 0.5) is 0 Å². The molecule has 0 saturated heterocycles. The molecule has 0 saturated carbocycles. The lowest BCUT2D eigenvalue weighted by Crippen LogP contribution is -2.06. The van der Waals surface area contributed by atoms with Crippen LogP contribution in [0.25, 0.3) is 0 Å². The first-order valence-corrected chi connectivity index (χ1v) is 6.37. The van der Waals surface area contributed by atoms with E-state index in [-0.39, 0.29) is 22.3 Å². The highest BCUT2D eigenvalue weighted by Crippen LogP contribution is 2.10. The Kier molecular flexibility index (Phi) is 9.00. The zero-order valence-corrected chi connectivity index (χ0v) is 11.3. The number of aliphatic carboxylic acids is 1. The Balaban J connectivity index is 3.85. The fourth-order valence-corrected chi connectivity index (χ4v) is 1.66. The summed E-state index contributed by atoms with van der Waals surface area (Å²) >= 11 is 4.15. The molecule has 0 aliphatic heterocycles. The number of thiol groups is 1. The maximum Gasteiger partial charge on any atom is 0.304 e. The molecule has 1 N–H and O–H groups in total. The number of hydrogen-bond donors (Lipinski definition) is 2. The van der Waals surface area contributed by atoms with Gasteiger partial charge in [0.25, 0.3) is 0 Å². The van der Waals surface area contributed by atoms with E-state index < -0.39 is 5.97 Å². The maximum absolute atomic E-state index is 10.5. The van der Waals surface area contributed by atoms with Crippen LogP contribution >= 0.6 is 12.6 Å². The summed E-state index contributed by atoms with van der Waals surface area (Å²) in [6, 6.07) is 0. The first-order valence-electron chi connectivity index (χ1n) is 5.85. The van der Waals surface area contributed by atoms with Crippen LogP contribution in [0.3, 0.4) is 0 Å². The SMILES string of the molecule is CC/C(=C/C/C=C/CCC(S)CC(=O)O)[N+](=O)[O-]. The van der Waals surface area contributed by atoms with Gasteiger partial charge in [-0.1, -0.05) is 19.1 Å². The smallest absolute Gasteiger partial charge is 0.304 e. The van der Waals surface area contributed by atoms with Gasteiger partial charge in [-0.15, -0.1) is 0 Å². The molecular formula is C12H19NO4S. The van der Waals surface area contributed by atoms with Crippen molar-refractivity contribution >= 4 is 18.6 Å². The lowest BCUT2D eigenvalue weighted by molar-refractivity contribution is -0.427. The van der Waals surface area contributed by atoms with Gasteiger partial charge in [0, 0.05) is 11.7 Å². The van der Waals surface area contributed by atoms with E-state index in [2.05, 4.69) is 12.6 Å². The van der Waals surface area contributed by atoms with E-state index in [0.29, 0.717) is 19.3 Å². The summed E-state index contributed by atoms with van der Waals surface area (Å²) in [6.07, 6.45) is 7.75. The molecular weight excluding hydrogens is 254 g/mol. The van der Waals surface area contributed by atoms with Gasteiger partial charge in [0.05, 0.1) is 11.3 Å². The van der Waals surface area contributed by atoms with Crippen LogP contribution < -0.4 is 0 Å². The first-order chi connectivity index (χ1) is 8.47. The van der Waals surface area contributed by atoms with E-state index in [1.807, 2.05) is 12.2 Å². The Hall–Kier alpha value is -1.30. The number of allylic oxidation sites excluding steroid dienone is 4. The lowest BCUT2D eigenvalue weighted by Gasteiger charge is -2.04. The molecule has 1 unspecified atom stereocenters. The van der Waals surface area contributed by atoms with Gasteiger partial charge in [-0.25, -0.2) is 0 Å². The molecule has 0 aliphatic carbocycles. The fourth-order valence-electron chi connectivity index (χ4n) is 1.36. The van der Waals surface area contributed by atoms with Crippen molar-refractivity contribution in [1.29, 1.82) is 0 Å². The van der Waals surface area contributed by atoms with Crippen molar-refractivity contribution in [1.82, 2.24) is 0 Å². The number of hydrogen-bond acceptors (Lipinski definition) is 4. The van der Waals surface area contributed by atoms with E-state index in [1.165, 1.54) is 0 Å². The van der Waals surface area contributed by atoms with Crippen molar-refractivity contribution in [2.24, 2.45) is 0 Å². The number of rotatable bonds is 9. The zero-order valence-electron chi connectivity index (χ0n) is 10.4. The predicted molar refractivity (Wildman–Crippen MR) is 73.4 cm³/mol. The minimum atomic E-state index is -0.847. The van der Waals surface area contributed by atoms with Gasteiger partial charge >= 0.3 is 5.97 Å². The Morgan fingerprint density at radius 3 is 2.67 bits per heavy atom. The summed E-state index contributed by atoms with van der Waals surface area (Å²) in [5.41, 5.74) is 0.220. The standard InChI is InChI=1S/C12H19NO4S/c1-2-10(13(16)17)7-5-3-4-6-8-11(18)9-12(14)15/h3-4,7,11,18H,2,5-6,8-9H2,1H3,(H,14,15)/b4-3+,10-7-. The van der Waals surface area contributed by atoms with Crippen LogP contribution in [-0.4, -0.2) is 21.2 Å². The summed E-state index contributed by atoms with van der Waals surface area (Å²) in [5, 5.41) is 18.9. The van der Waals surface area contributed by atoms with Crippen molar-refractivity contribution in [3.8, 4) is 0 Å². The number of carboxylic acid groups (broad SMARTS) is 1. The van der Waals surface area contributed by atoms with Crippen LogP contribution in [0.5, 0.6) is 0 Å². The topological polar surface area (TPSA) is 80.4 Å². The number of nitrogens with zero attached hydrogens (tertiary/aromatic N) is 1. The molecule has 0 bridgehead atoms. The highest BCUT2D eigenvalue weighted by atomic mass is 32.1. The van der Waals surface area contributed by atoms with Gasteiger partial charge in [-0.2, -0.15) is 12.6 Å². The van der Waals surface area contributed by atoms with Crippen LogP contribution in [-0.2, 0) is 4.79 Å². The second-order valence-electron chi connectivity index (χ2n) is 3.84. The summed E-state index contributed by atoms with van der Waals surface area (Å²) in [7, 11) is 0. The fraction of sp³-hybridized carbons (Fsp3) is 0.583. The molecule has 1 atom stereocenters. The van der Waals surface area contributed by atoms with E-state index in [1.54, 1.807) is 13.0 Å². The second-order valence-corrected chi connectivity index (χ2v) is 4.57. The van der Waals surface area contributed by atoms with Gasteiger partial charge in [-0.05, 0) is 25.3 Å². The van der Waals surface area contributed by atoms with Crippen molar-refractivity contribution in [3.63, 3.8) is 0 Å². The lowest BCUT2D eigenvalue weighted by atomic mass is 10.1. The van der Waals surface area contributed by atoms with Gasteiger partial charge in [0.15, 0.2) is 0 Å². The van der Waals surface area contributed by atoms with E-state index in [0.717, 1.165) is 6.42 Å². The summed E-state index contributed by atoms with van der Waals surface area (Å²) in [5.74, 6) is -0.847. The Morgan fingerprint density at radius 1 is 1.50 bits per heavy atom. The number of carboxylic acids is 1. The third-order valence-corrected chi connectivity index (χ3v) is 2.77. The van der Waals surface area contributed by atoms with E-state index >= 15 is 0 Å². The average molecular weight is 273 g/mol. The summed E-state index contributed by atoms with van der Waals surface area (Å²) in [6.45, 7) is 1.75. The average Bonchev–Trinajstić information content (AvgIpc) is 2.26. The Labute approximate surface area is 112 Å². The molecule has 0 spiro atoms. The number of carbonyl (C=O) groups is 1. The first kappa shape index (κ1) is 16.7. The molecule has 0 heterocycles. The third kappa shape index (κ3) is 8.81. The van der Waals surface area contributed by atoms with Crippen LogP contribution in [0.15, 0.2) is 23.9 Å². The molecule has 5 nitrogen and oxygen atoms in total. The van der Waals surface area contributed by atoms with Crippen LogP contribution in [0.1, 0.15) is 39.0 Å². The molecule has 0 aromatic carbocycles. The monoisotopic (exact) mass is 273 g/mol. The van der Waals surface area contributed by atoms with Crippen molar-refractivity contribution in [3.05, 3.63) is 34.0 Å². The van der Waals surface area contributed by atoms with E-state index in [4.69, 9.17) is 5.11 Å². The van der Waals surface area contributed by atoms with Gasteiger partial charge < -0.3 is 5.11 Å². The minimum absolute atomic E-state index is 0.0537. The Bertz CT molecular complexity index is 339. The summed E-state index contributed by atoms with van der Waals surface area (Å²) < 4.78 is 0. The molecule has 0 amide bonds. The maximum atomic E-state index is 10.5. The molecule has 6 heteroatoms. The normalized spacial score (nSPS) is 13.8. The predicted octanol–water partition coefficient (Wildman–Crippen LogP) is 3.06. The highest BCUT2D eigenvalue weighted by Gasteiger charge is 2.07. The Morgan fingerprint density at radius 2 is 2.17 bits per heavy atom. The molecule has 18 heavy (non-hydrogen) atoms. The van der Waals surface area contributed by atoms with Gasteiger partial charge in [-0.3, -0.25) is 14.9 Å². The summed E-state index contributed by atoms with van der Waals surface area (Å²) in [4.78, 5) is 20.5. The largest absolute Gasteiger partial charge is 0.481 e. The quantitative estimate of drug-likeness (QED) is 0.293. The molecule has 0 radical (unpaired) electrons. The molecule has 0 fully saturated rings.